The van der Waals surface area contributed by atoms with E-state index in [1.54, 1.807) is 0 Å². The minimum absolute atomic E-state index is 0.199. The highest BCUT2D eigenvalue weighted by Crippen LogP contribution is 2.31. The van der Waals surface area contributed by atoms with Gasteiger partial charge in [-0.3, -0.25) is 4.90 Å². The highest BCUT2D eigenvalue weighted by atomic mass is 19.2. The van der Waals surface area contributed by atoms with Crippen molar-refractivity contribution in [2.75, 3.05) is 13.1 Å². The minimum atomic E-state index is -1.42. The summed E-state index contributed by atoms with van der Waals surface area (Å²) in [6.07, 6.45) is 2.82. The topological polar surface area (TPSA) is 29.3 Å². The number of nitrogens with two attached hydrogens (primary N) is 1. The lowest BCUT2D eigenvalue weighted by Crippen LogP contribution is -2.41. The second-order valence-electron chi connectivity index (χ2n) is 6.29. The van der Waals surface area contributed by atoms with Crippen molar-refractivity contribution in [1.82, 2.24) is 4.90 Å². The molecule has 1 saturated heterocycles. The Morgan fingerprint density at radius 3 is 2.38 bits per heavy atom. The maximum atomic E-state index is 13.5. The van der Waals surface area contributed by atoms with Crippen LogP contribution in [0.2, 0.25) is 0 Å². The van der Waals surface area contributed by atoms with E-state index in [1.807, 2.05) is 0 Å². The van der Waals surface area contributed by atoms with Crippen LogP contribution in [0, 0.1) is 23.4 Å². The molecular formula is C16H23F3N2. The molecular weight excluding hydrogens is 277 g/mol. The van der Waals surface area contributed by atoms with Gasteiger partial charge in [0, 0.05) is 12.6 Å². The summed E-state index contributed by atoms with van der Waals surface area (Å²) in [6.45, 7) is 5.84. The van der Waals surface area contributed by atoms with Gasteiger partial charge in [-0.15, -0.1) is 0 Å². The average molecular weight is 300 g/mol. The fraction of sp³-hybridized carbons (Fsp3) is 0.625. The molecule has 0 aromatic heterocycles. The standard InChI is InChI=1S/C16H23F3N2/c1-10(2)9-21-6-4-3-5-14(20)16(21)11-7-12(17)15(19)13(18)8-11/h7-8,10,14,16H,3-6,9,20H2,1-2H3. The number of nitrogens with zero attached hydrogens (tertiary/aromatic N) is 1. The van der Waals surface area contributed by atoms with Gasteiger partial charge in [-0.1, -0.05) is 20.3 Å². The van der Waals surface area contributed by atoms with Crippen molar-refractivity contribution < 1.29 is 13.2 Å². The van der Waals surface area contributed by atoms with Crippen molar-refractivity contribution >= 4 is 0 Å². The van der Waals surface area contributed by atoms with Gasteiger partial charge >= 0.3 is 0 Å². The SMILES string of the molecule is CC(C)CN1CCCCC(N)C1c1cc(F)c(F)c(F)c1. The zero-order chi connectivity index (χ0) is 15.6. The van der Waals surface area contributed by atoms with Crippen LogP contribution in [0.3, 0.4) is 0 Å². The van der Waals surface area contributed by atoms with E-state index in [2.05, 4.69) is 18.7 Å². The molecule has 1 aliphatic rings. The molecule has 21 heavy (non-hydrogen) atoms. The van der Waals surface area contributed by atoms with Crippen molar-refractivity contribution in [3.05, 3.63) is 35.1 Å². The van der Waals surface area contributed by atoms with Crippen LogP contribution in [0.1, 0.15) is 44.7 Å². The number of hydrogen-bond acceptors (Lipinski definition) is 2. The second kappa shape index (κ2) is 6.79. The summed E-state index contributed by atoms with van der Waals surface area (Å²) in [7, 11) is 0. The van der Waals surface area contributed by atoms with E-state index < -0.39 is 17.5 Å². The summed E-state index contributed by atoms with van der Waals surface area (Å²) in [6, 6.07) is 1.71. The van der Waals surface area contributed by atoms with Crippen LogP contribution in [-0.2, 0) is 0 Å². The first-order valence-electron chi connectivity index (χ1n) is 7.54. The highest BCUT2D eigenvalue weighted by molar-refractivity contribution is 5.24. The molecule has 1 aromatic rings. The van der Waals surface area contributed by atoms with Gasteiger partial charge in [-0.2, -0.15) is 0 Å². The Morgan fingerprint density at radius 2 is 1.81 bits per heavy atom. The van der Waals surface area contributed by atoms with Gasteiger partial charge in [0.1, 0.15) is 0 Å². The summed E-state index contributed by atoms with van der Waals surface area (Å²) < 4.78 is 40.2. The van der Waals surface area contributed by atoms with E-state index in [9.17, 15) is 13.2 Å². The summed E-state index contributed by atoms with van der Waals surface area (Å²) >= 11 is 0. The van der Waals surface area contributed by atoms with Crippen LogP contribution >= 0.6 is 0 Å². The van der Waals surface area contributed by atoms with Gasteiger partial charge in [-0.05, 0) is 43.0 Å². The molecule has 0 radical (unpaired) electrons. The predicted molar refractivity (Wildman–Crippen MR) is 77.3 cm³/mol. The molecule has 118 valence electrons. The largest absolute Gasteiger partial charge is 0.326 e. The van der Waals surface area contributed by atoms with Crippen LogP contribution in [0.25, 0.3) is 0 Å². The van der Waals surface area contributed by atoms with E-state index in [0.717, 1.165) is 44.5 Å². The zero-order valence-corrected chi connectivity index (χ0v) is 12.6. The van der Waals surface area contributed by atoms with Crippen LogP contribution in [0.4, 0.5) is 13.2 Å². The van der Waals surface area contributed by atoms with Gasteiger partial charge in [0.15, 0.2) is 17.5 Å². The molecule has 0 bridgehead atoms. The molecule has 0 aliphatic carbocycles. The number of rotatable bonds is 3. The number of benzene rings is 1. The summed E-state index contributed by atoms with van der Waals surface area (Å²) in [4.78, 5) is 2.18. The third-order valence-electron chi connectivity index (χ3n) is 3.98. The molecule has 0 saturated carbocycles. The molecule has 1 aromatic carbocycles. The summed E-state index contributed by atoms with van der Waals surface area (Å²) in [5.74, 6) is -3.29. The molecule has 1 aliphatic heterocycles. The van der Waals surface area contributed by atoms with Gasteiger partial charge in [-0.25, -0.2) is 13.2 Å². The molecule has 2 rings (SSSR count). The normalized spacial score (nSPS) is 24.3. The minimum Gasteiger partial charge on any atom is -0.326 e. The third kappa shape index (κ3) is 3.77. The average Bonchev–Trinajstić information content (AvgIpc) is 2.56. The Labute approximate surface area is 124 Å². The number of halogens is 3. The van der Waals surface area contributed by atoms with E-state index in [-0.39, 0.29) is 12.1 Å². The fourth-order valence-corrected chi connectivity index (χ4v) is 3.14. The smallest absolute Gasteiger partial charge is 0.194 e. The van der Waals surface area contributed by atoms with Crippen LogP contribution in [0.15, 0.2) is 12.1 Å². The highest BCUT2D eigenvalue weighted by Gasteiger charge is 2.30. The van der Waals surface area contributed by atoms with Crippen molar-refractivity contribution in [3.8, 4) is 0 Å². The lowest BCUT2D eigenvalue weighted by molar-refractivity contribution is 0.165. The monoisotopic (exact) mass is 300 g/mol. The third-order valence-corrected chi connectivity index (χ3v) is 3.98. The van der Waals surface area contributed by atoms with Gasteiger partial charge in [0.05, 0.1) is 6.04 Å². The molecule has 0 spiro atoms. The molecule has 0 amide bonds. The Hall–Kier alpha value is -1.07. The maximum absolute atomic E-state index is 13.5. The Bertz CT molecular complexity index is 467. The molecule has 2 atom stereocenters. The Balaban J connectivity index is 2.38. The molecule has 2 unspecified atom stereocenters. The van der Waals surface area contributed by atoms with Crippen molar-refractivity contribution in [2.24, 2.45) is 11.7 Å². The molecule has 1 heterocycles. The lowest BCUT2D eigenvalue weighted by atomic mass is 9.95. The molecule has 2 nitrogen and oxygen atoms in total. The fourth-order valence-electron chi connectivity index (χ4n) is 3.14. The van der Waals surface area contributed by atoms with Gasteiger partial charge in [0.2, 0.25) is 0 Å². The van der Waals surface area contributed by atoms with E-state index in [1.165, 1.54) is 0 Å². The predicted octanol–water partition coefficient (Wildman–Crippen LogP) is 3.61. The quantitative estimate of drug-likeness (QED) is 0.864. The van der Waals surface area contributed by atoms with Crippen molar-refractivity contribution in [1.29, 1.82) is 0 Å². The summed E-state index contributed by atoms with van der Waals surface area (Å²) in [5.41, 5.74) is 6.67. The van der Waals surface area contributed by atoms with E-state index >= 15 is 0 Å². The van der Waals surface area contributed by atoms with Crippen molar-refractivity contribution in [2.45, 2.75) is 45.2 Å². The molecule has 2 N–H and O–H groups in total. The first kappa shape index (κ1) is 16.3. The molecule has 5 heteroatoms. The van der Waals surface area contributed by atoms with Crippen LogP contribution < -0.4 is 5.73 Å². The van der Waals surface area contributed by atoms with Crippen LogP contribution in [0.5, 0.6) is 0 Å². The van der Waals surface area contributed by atoms with Crippen LogP contribution in [-0.4, -0.2) is 24.0 Å². The Morgan fingerprint density at radius 1 is 1.19 bits per heavy atom. The number of likely N-dealkylation sites (tertiary alicyclic amines) is 1. The van der Waals surface area contributed by atoms with E-state index in [4.69, 9.17) is 5.73 Å². The Kier molecular flexibility index (Phi) is 5.27. The van der Waals surface area contributed by atoms with Gasteiger partial charge < -0.3 is 5.73 Å². The lowest BCUT2D eigenvalue weighted by Gasteiger charge is -2.35. The number of hydrogen-bond donors (Lipinski definition) is 1. The zero-order valence-electron chi connectivity index (χ0n) is 12.6. The van der Waals surface area contributed by atoms with Gasteiger partial charge in [0.25, 0.3) is 0 Å². The van der Waals surface area contributed by atoms with Crippen molar-refractivity contribution in [3.63, 3.8) is 0 Å². The first-order valence-corrected chi connectivity index (χ1v) is 7.54. The molecule has 1 fully saturated rings. The summed E-state index contributed by atoms with van der Waals surface area (Å²) in [5, 5.41) is 0. The van der Waals surface area contributed by atoms with E-state index in [0.29, 0.717) is 11.5 Å². The second-order valence-corrected chi connectivity index (χ2v) is 6.29. The first-order chi connectivity index (χ1) is 9.90. The maximum Gasteiger partial charge on any atom is 0.194 e.